The molecule has 0 N–H and O–H groups in total. The number of hydrogen-bond acceptors (Lipinski definition) is 1. The van der Waals surface area contributed by atoms with E-state index in [1.54, 1.807) is 0 Å². The third-order valence-corrected chi connectivity index (χ3v) is 4.75. The molecule has 0 saturated heterocycles. The molecule has 0 nitrogen and oxygen atoms in total. The molecule has 1 saturated carbocycles. The van der Waals surface area contributed by atoms with Crippen LogP contribution in [0.4, 0.5) is 0 Å². The third-order valence-electron chi connectivity index (χ3n) is 4.14. The van der Waals surface area contributed by atoms with Crippen LogP contribution in [0, 0.1) is 20.8 Å². The van der Waals surface area contributed by atoms with E-state index in [-0.39, 0.29) is 4.75 Å². The van der Waals surface area contributed by atoms with Crippen molar-refractivity contribution in [2.75, 3.05) is 0 Å². The first-order valence-corrected chi connectivity index (χ1v) is 6.75. The van der Waals surface area contributed by atoms with Crippen LogP contribution in [0.5, 0.6) is 0 Å². The molecule has 0 unspecified atom stereocenters. The van der Waals surface area contributed by atoms with Gasteiger partial charge in [0.15, 0.2) is 0 Å². The van der Waals surface area contributed by atoms with E-state index in [2.05, 4.69) is 32.9 Å². The quantitative estimate of drug-likeness (QED) is 0.721. The van der Waals surface area contributed by atoms with E-state index in [9.17, 15) is 0 Å². The number of rotatable bonds is 2. The largest absolute Gasteiger partial charge is 0.172 e. The number of hydrogen-bond donors (Lipinski definition) is 1. The summed E-state index contributed by atoms with van der Waals surface area (Å²) in [5, 5.41) is 0. The van der Waals surface area contributed by atoms with Crippen LogP contribution in [0.2, 0.25) is 0 Å². The Hall–Kier alpha value is -0.430. The molecule has 0 spiro atoms. The van der Waals surface area contributed by atoms with Gasteiger partial charge in [0.05, 0.1) is 0 Å². The minimum absolute atomic E-state index is 0.267. The Morgan fingerprint density at radius 1 is 1.06 bits per heavy atom. The van der Waals surface area contributed by atoms with Crippen LogP contribution < -0.4 is 0 Å². The zero-order valence-corrected chi connectivity index (χ0v) is 11.5. The molecular formula is C15H22S. The zero-order chi connectivity index (χ0) is 11.8. The summed E-state index contributed by atoms with van der Waals surface area (Å²) in [5.74, 6) is 0. The first-order chi connectivity index (χ1) is 7.52. The van der Waals surface area contributed by atoms with Gasteiger partial charge in [-0.3, -0.25) is 0 Å². The Bertz CT molecular complexity index is 387. The highest BCUT2D eigenvalue weighted by atomic mass is 32.1. The van der Waals surface area contributed by atoms with Crippen molar-refractivity contribution in [2.24, 2.45) is 0 Å². The van der Waals surface area contributed by atoms with Gasteiger partial charge in [-0.05, 0) is 62.3 Å². The lowest BCUT2D eigenvalue weighted by Crippen LogP contribution is -2.21. The second kappa shape index (κ2) is 4.44. The van der Waals surface area contributed by atoms with Crippen molar-refractivity contribution < 1.29 is 0 Å². The molecule has 1 aromatic carbocycles. The lowest BCUT2D eigenvalue weighted by atomic mass is 9.89. The Kier molecular flexibility index (Phi) is 3.34. The molecule has 1 aliphatic rings. The van der Waals surface area contributed by atoms with Crippen LogP contribution >= 0.6 is 12.6 Å². The maximum absolute atomic E-state index is 4.92. The smallest absolute Gasteiger partial charge is 0.0170 e. The molecular weight excluding hydrogens is 212 g/mol. The van der Waals surface area contributed by atoms with Gasteiger partial charge >= 0.3 is 0 Å². The van der Waals surface area contributed by atoms with E-state index in [4.69, 9.17) is 12.6 Å². The highest BCUT2D eigenvalue weighted by Gasteiger charge is 2.30. The number of benzene rings is 1. The molecule has 16 heavy (non-hydrogen) atoms. The highest BCUT2D eigenvalue weighted by molar-refractivity contribution is 7.81. The van der Waals surface area contributed by atoms with E-state index in [0.717, 1.165) is 6.42 Å². The highest BCUT2D eigenvalue weighted by Crippen LogP contribution is 2.39. The first-order valence-electron chi connectivity index (χ1n) is 6.30. The topological polar surface area (TPSA) is 0 Å². The van der Waals surface area contributed by atoms with Gasteiger partial charge in [0.2, 0.25) is 0 Å². The van der Waals surface area contributed by atoms with Gasteiger partial charge in [0.25, 0.3) is 0 Å². The summed E-state index contributed by atoms with van der Waals surface area (Å²) >= 11 is 4.92. The second-order valence-electron chi connectivity index (χ2n) is 5.41. The zero-order valence-electron chi connectivity index (χ0n) is 10.6. The van der Waals surface area contributed by atoms with Crippen molar-refractivity contribution in [3.63, 3.8) is 0 Å². The van der Waals surface area contributed by atoms with Crippen LogP contribution in [0.25, 0.3) is 0 Å². The molecule has 1 aromatic rings. The van der Waals surface area contributed by atoms with Crippen molar-refractivity contribution in [1.82, 2.24) is 0 Å². The average molecular weight is 234 g/mol. The second-order valence-corrected chi connectivity index (χ2v) is 6.36. The molecule has 0 atom stereocenters. The molecule has 1 heteroatoms. The summed E-state index contributed by atoms with van der Waals surface area (Å²) in [5.41, 5.74) is 5.86. The molecule has 0 amide bonds. The van der Waals surface area contributed by atoms with Gasteiger partial charge in [-0.25, -0.2) is 0 Å². The Balaban J connectivity index is 2.30. The van der Waals surface area contributed by atoms with Crippen LogP contribution in [0.1, 0.15) is 47.9 Å². The SMILES string of the molecule is Cc1ccc(C)c(CC2(S)CCCC2)c1C. The van der Waals surface area contributed by atoms with Crippen molar-refractivity contribution in [1.29, 1.82) is 0 Å². The third kappa shape index (κ3) is 2.29. The summed E-state index contributed by atoms with van der Waals surface area (Å²) in [4.78, 5) is 0. The Morgan fingerprint density at radius 2 is 1.62 bits per heavy atom. The van der Waals surface area contributed by atoms with Gasteiger partial charge in [-0.2, -0.15) is 12.6 Å². The maximum Gasteiger partial charge on any atom is 0.0170 e. The molecule has 0 heterocycles. The van der Waals surface area contributed by atoms with Crippen LogP contribution in [0.3, 0.4) is 0 Å². The van der Waals surface area contributed by atoms with Gasteiger partial charge in [0, 0.05) is 4.75 Å². The van der Waals surface area contributed by atoms with Gasteiger partial charge in [-0.15, -0.1) is 0 Å². The Labute approximate surface area is 105 Å². The summed E-state index contributed by atoms with van der Waals surface area (Å²) in [7, 11) is 0. The fourth-order valence-electron chi connectivity index (χ4n) is 2.82. The van der Waals surface area contributed by atoms with Crippen molar-refractivity contribution >= 4 is 12.6 Å². The molecule has 1 aliphatic carbocycles. The first kappa shape index (κ1) is 12.0. The van der Waals surface area contributed by atoms with Crippen LogP contribution in [0.15, 0.2) is 12.1 Å². The van der Waals surface area contributed by atoms with E-state index < -0.39 is 0 Å². The van der Waals surface area contributed by atoms with Crippen molar-refractivity contribution in [3.05, 3.63) is 34.4 Å². The normalized spacial score (nSPS) is 19.0. The molecule has 0 radical (unpaired) electrons. The predicted molar refractivity (Wildman–Crippen MR) is 74.5 cm³/mol. The lowest BCUT2D eigenvalue weighted by Gasteiger charge is -2.25. The minimum atomic E-state index is 0.267. The molecule has 2 rings (SSSR count). The summed E-state index contributed by atoms with van der Waals surface area (Å²) < 4.78 is 0.267. The number of aryl methyl sites for hydroxylation is 2. The fourth-order valence-corrected chi connectivity index (χ4v) is 3.29. The minimum Gasteiger partial charge on any atom is -0.172 e. The monoisotopic (exact) mass is 234 g/mol. The van der Waals surface area contributed by atoms with Crippen LogP contribution in [-0.4, -0.2) is 4.75 Å². The van der Waals surface area contributed by atoms with E-state index in [1.165, 1.54) is 47.9 Å². The molecule has 0 aromatic heterocycles. The van der Waals surface area contributed by atoms with E-state index >= 15 is 0 Å². The standard InChI is InChI=1S/C15H22S/c1-11-6-7-12(2)14(13(11)3)10-15(16)8-4-5-9-15/h6-7,16H,4-5,8-10H2,1-3H3. The molecule has 1 fully saturated rings. The average Bonchev–Trinajstić information content (AvgIpc) is 2.66. The van der Waals surface area contributed by atoms with Crippen molar-refractivity contribution in [3.8, 4) is 0 Å². The Morgan fingerprint density at radius 3 is 2.25 bits per heavy atom. The summed E-state index contributed by atoms with van der Waals surface area (Å²) in [6, 6.07) is 4.48. The van der Waals surface area contributed by atoms with Crippen molar-refractivity contribution in [2.45, 2.75) is 57.6 Å². The molecule has 88 valence electrons. The maximum atomic E-state index is 4.92. The van der Waals surface area contributed by atoms with Gasteiger partial charge in [-0.1, -0.05) is 25.0 Å². The summed E-state index contributed by atoms with van der Waals surface area (Å²) in [6.07, 6.45) is 6.42. The molecule has 0 bridgehead atoms. The van der Waals surface area contributed by atoms with Crippen LogP contribution in [-0.2, 0) is 6.42 Å². The van der Waals surface area contributed by atoms with E-state index in [1.807, 2.05) is 0 Å². The number of thiol groups is 1. The summed E-state index contributed by atoms with van der Waals surface area (Å²) in [6.45, 7) is 6.69. The predicted octanol–water partition coefficient (Wildman–Crippen LogP) is 4.40. The fraction of sp³-hybridized carbons (Fsp3) is 0.600. The lowest BCUT2D eigenvalue weighted by molar-refractivity contribution is 0.606. The van der Waals surface area contributed by atoms with E-state index in [0.29, 0.717) is 0 Å². The van der Waals surface area contributed by atoms with Gasteiger partial charge < -0.3 is 0 Å². The van der Waals surface area contributed by atoms with Gasteiger partial charge in [0.1, 0.15) is 0 Å². The molecule has 0 aliphatic heterocycles.